The molecule has 4 rings (SSSR count). The summed E-state index contributed by atoms with van der Waals surface area (Å²) in [6.45, 7) is 1.45. The third-order valence-electron chi connectivity index (χ3n) is 4.46. The molecule has 32 heavy (non-hydrogen) atoms. The standard InChI is InChI=1S/C22H18FN5O2S2/c1-13(29)25-16-7-3-14(4-8-16)18-12-32-21(26-18)27-20(30)19-11-24-22(31-2)28(19)17-9-5-15(23)6-10-17/h3-12H,1-2H3,(H,25,29)(H,26,27,30). The van der Waals surface area contributed by atoms with E-state index in [1.54, 1.807) is 28.8 Å². The predicted molar refractivity (Wildman–Crippen MR) is 125 cm³/mol. The van der Waals surface area contributed by atoms with Gasteiger partial charge in [0.05, 0.1) is 11.9 Å². The number of nitrogens with one attached hydrogen (secondary N) is 2. The maximum Gasteiger partial charge on any atom is 0.276 e. The number of nitrogens with zero attached hydrogens (tertiary/aromatic N) is 3. The van der Waals surface area contributed by atoms with E-state index in [2.05, 4.69) is 20.6 Å². The molecule has 0 aliphatic carbocycles. The van der Waals surface area contributed by atoms with Crippen LogP contribution in [-0.4, -0.2) is 32.6 Å². The lowest BCUT2D eigenvalue weighted by atomic mass is 10.1. The Balaban J connectivity index is 1.54. The van der Waals surface area contributed by atoms with E-state index in [0.29, 0.717) is 33.1 Å². The smallest absolute Gasteiger partial charge is 0.276 e. The number of anilines is 2. The zero-order valence-electron chi connectivity index (χ0n) is 17.1. The van der Waals surface area contributed by atoms with E-state index in [1.807, 2.05) is 23.8 Å². The third kappa shape index (κ3) is 4.71. The fourth-order valence-corrected chi connectivity index (χ4v) is 4.29. The van der Waals surface area contributed by atoms with E-state index in [1.165, 1.54) is 48.4 Å². The minimum absolute atomic E-state index is 0.138. The van der Waals surface area contributed by atoms with Gasteiger partial charge in [0.2, 0.25) is 5.91 Å². The first kappa shape index (κ1) is 21.7. The lowest BCUT2D eigenvalue weighted by Crippen LogP contribution is -2.16. The number of halogens is 1. The molecule has 162 valence electrons. The molecule has 7 nitrogen and oxygen atoms in total. The summed E-state index contributed by atoms with van der Waals surface area (Å²) >= 11 is 2.69. The van der Waals surface area contributed by atoms with Crippen LogP contribution in [0.5, 0.6) is 0 Å². The van der Waals surface area contributed by atoms with Crippen molar-refractivity contribution in [3.05, 3.63) is 71.6 Å². The van der Waals surface area contributed by atoms with Gasteiger partial charge in [-0.3, -0.25) is 19.5 Å². The fourth-order valence-electron chi connectivity index (χ4n) is 3.03. The fraction of sp³-hybridized carbons (Fsp3) is 0.0909. The Morgan fingerprint density at radius 2 is 1.78 bits per heavy atom. The minimum atomic E-state index is -0.371. The van der Waals surface area contributed by atoms with Crippen molar-refractivity contribution in [1.82, 2.24) is 14.5 Å². The molecule has 2 heterocycles. The average molecular weight is 468 g/mol. The number of carbonyl (C=O) groups is 2. The average Bonchev–Trinajstić information content (AvgIpc) is 3.41. The van der Waals surface area contributed by atoms with Gasteiger partial charge in [0.1, 0.15) is 11.5 Å². The van der Waals surface area contributed by atoms with Crippen LogP contribution in [0.2, 0.25) is 0 Å². The van der Waals surface area contributed by atoms with Gasteiger partial charge >= 0.3 is 0 Å². The molecule has 0 saturated heterocycles. The van der Waals surface area contributed by atoms with Crippen molar-refractivity contribution in [2.75, 3.05) is 16.9 Å². The van der Waals surface area contributed by atoms with E-state index >= 15 is 0 Å². The molecule has 0 saturated carbocycles. The number of thiazole rings is 1. The van der Waals surface area contributed by atoms with Gasteiger partial charge in [0.25, 0.3) is 5.91 Å². The summed E-state index contributed by atoms with van der Waals surface area (Å²) in [5.74, 6) is -0.865. The summed E-state index contributed by atoms with van der Waals surface area (Å²) in [6, 6.07) is 13.1. The van der Waals surface area contributed by atoms with Crippen molar-refractivity contribution in [2.45, 2.75) is 12.1 Å². The van der Waals surface area contributed by atoms with E-state index in [0.717, 1.165) is 5.56 Å². The maximum atomic E-state index is 13.3. The second kappa shape index (κ2) is 9.33. The summed E-state index contributed by atoms with van der Waals surface area (Å²) in [5, 5.41) is 8.42. The maximum absolute atomic E-state index is 13.3. The van der Waals surface area contributed by atoms with E-state index in [9.17, 15) is 14.0 Å². The Morgan fingerprint density at radius 3 is 2.44 bits per heavy atom. The Labute approximate surface area is 191 Å². The molecule has 0 unspecified atom stereocenters. The lowest BCUT2D eigenvalue weighted by molar-refractivity contribution is -0.114. The van der Waals surface area contributed by atoms with E-state index < -0.39 is 0 Å². The molecule has 2 aromatic carbocycles. The molecule has 0 radical (unpaired) electrons. The highest BCUT2D eigenvalue weighted by molar-refractivity contribution is 7.98. The largest absolute Gasteiger partial charge is 0.326 e. The van der Waals surface area contributed by atoms with Crippen LogP contribution in [0.1, 0.15) is 17.4 Å². The van der Waals surface area contributed by atoms with Gasteiger partial charge in [0.15, 0.2) is 10.3 Å². The number of carbonyl (C=O) groups excluding carboxylic acids is 2. The van der Waals surface area contributed by atoms with Crippen LogP contribution in [0.15, 0.2) is 65.3 Å². The van der Waals surface area contributed by atoms with Crippen LogP contribution in [0, 0.1) is 5.82 Å². The second-order valence-corrected chi connectivity index (χ2v) is 8.32. The van der Waals surface area contributed by atoms with Crippen molar-refractivity contribution in [3.8, 4) is 16.9 Å². The molecule has 10 heteroatoms. The van der Waals surface area contributed by atoms with Crippen LogP contribution in [0.25, 0.3) is 16.9 Å². The second-order valence-electron chi connectivity index (χ2n) is 6.69. The molecular weight excluding hydrogens is 449 g/mol. The normalized spacial score (nSPS) is 10.7. The van der Waals surface area contributed by atoms with Crippen LogP contribution in [0.3, 0.4) is 0 Å². The van der Waals surface area contributed by atoms with E-state index in [4.69, 9.17) is 0 Å². The third-order valence-corrected chi connectivity index (χ3v) is 5.87. The zero-order valence-corrected chi connectivity index (χ0v) is 18.8. The number of rotatable bonds is 6. The number of aromatic nitrogens is 3. The van der Waals surface area contributed by atoms with Crippen molar-refractivity contribution in [1.29, 1.82) is 0 Å². The van der Waals surface area contributed by atoms with Gasteiger partial charge in [0, 0.05) is 29.2 Å². The van der Waals surface area contributed by atoms with Crippen molar-refractivity contribution >= 4 is 45.7 Å². The van der Waals surface area contributed by atoms with E-state index in [-0.39, 0.29) is 17.6 Å². The van der Waals surface area contributed by atoms with Gasteiger partial charge in [-0.15, -0.1) is 11.3 Å². The summed E-state index contributed by atoms with van der Waals surface area (Å²) < 4.78 is 15.0. The first-order valence-electron chi connectivity index (χ1n) is 9.47. The molecule has 0 fully saturated rings. The summed E-state index contributed by atoms with van der Waals surface area (Å²) in [5.41, 5.74) is 3.21. The quantitative estimate of drug-likeness (QED) is 0.387. The Kier molecular flexibility index (Phi) is 6.33. The number of amides is 2. The minimum Gasteiger partial charge on any atom is -0.326 e. The first-order valence-corrected chi connectivity index (χ1v) is 11.6. The number of imidazole rings is 1. The van der Waals surface area contributed by atoms with Crippen LogP contribution in [0.4, 0.5) is 15.2 Å². The van der Waals surface area contributed by atoms with Crippen LogP contribution < -0.4 is 10.6 Å². The molecule has 2 N–H and O–H groups in total. The zero-order chi connectivity index (χ0) is 22.7. The number of thioether (sulfide) groups is 1. The Morgan fingerprint density at radius 1 is 1.06 bits per heavy atom. The van der Waals surface area contributed by atoms with Gasteiger partial charge in [-0.1, -0.05) is 23.9 Å². The van der Waals surface area contributed by atoms with Gasteiger partial charge < -0.3 is 5.32 Å². The molecule has 0 aliphatic rings. The SMILES string of the molecule is CSc1ncc(C(=O)Nc2nc(-c3ccc(NC(C)=O)cc3)cs2)n1-c1ccc(F)cc1. The van der Waals surface area contributed by atoms with Crippen molar-refractivity contribution in [2.24, 2.45) is 0 Å². The monoisotopic (exact) mass is 467 g/mol. The Hall–Kier alpha value is -3.50. The van der Waals surface area contributed by atoms with Crippen molar-refractivity contribution in [3.63, 3.8) is 0 Å². The molecule has 2 amide bonds. The van der Waals surface area contributed by atoms with Crippen molar-refractivity contribution < 1.29 is 14.0 Å². The first-order chi connectivity index (χ1) is 15.4. The van der Waals surface area contributed by atoms with Gasteiger partial charge in [-0.2, -0.15) is 0 Å². The number of hydrogen-bond donors (Lipinski definition) is 2. The topological polar surface area (TPSA) is 88.9 Å². The highest BCUT2D eigenvalue weighted by atomic mass is 32.2. The molecule has 4 aromatic rings. The predicted octanol–water partition coefficient (Wildman–Crippen LogP) is 5.07. The Bertz CT molecular complexity index is 1270. The summed E-state index contributed by atoms with van der Waals surface area (Å²) in [6.07, 6.45) is 3.34. The molecular formula is C22H18FN5O2S2. The summed E-state index contributed by atoms with van der Waals surface area (Å²) in [7, 11) is 0. The van der Waals surface area contributed by atoms with Gasteiger partial charge in [-0.25, -0.2) is 14.4 Å². The highest BCUT2D eigenvalue weighted by Gasteiger charge is 2.19. The van der Waals surface area contributed by atoms with Crippen LogP contribution in [-0.2, 0) is 4.79 Å². The number of hydrogen-bond acceptors (Lipinski definition) is 6. The highest BCUT2D eigenvalue weighted by Crippen LogP contribution is 2.27. The van der Waals surface area contributed by atoms with Crippen LogP contribution >= 0.6 is 23.1 Å². The molecule has 0 spiro atoms. The molecule has 0 atom stereocenters. The molecule has 0 bridgehead atoms. The lowest BCUT2D eigenvalue weighted by Gasteiger charge is -2.10. The summed E-state index contributed by atoms with van der Waals surface area (Å²) in [4.78, 5) is 32.9. The molecule has 2 aromatic heterocycles. The number of benzene rings is 2. The molecule has 0 aliphatic heterocycles. The van der Waals surface area contributed by atoms with Gasteiger partial charge in [-0.05, 0) is 42.7 Å².